The maximum absolute atomic E-state index is 13.8. The third-order valence-electron chi connectivity index (χ3n) is 6.34. The zero-order chi connectivity index (χ0) is 27.2. The zero-order valence-corrected chi connectivity index (χ0v) is 24.3. The van der Waals surface area contributed by atoms with Gasteiger partial charge in [0.05, 0.1) is 50.8 Å². The van der Waals surface area contributed by atoms with Crippen molar-refractivity contribution in [1.29, 1.82) is 5.26 Å². The van der Waals surface area contributed by atoms with Crippen LogP contribution in [0.5, 0.6) is 0 Å². The third kappa shape index (κ3) is 6.51. The molecule has 38 heavy (non-hydrogen) atoms. The molecule has 4 aromatic carbocycles. The van der Waals surface area contributed by atoms with E-state index in [1.807, 2.05) is 98.8 Å². The number of rotatable bonds is 9. The molecule has 0 spiro atoms. The molecule has 4 rings (SSSR count). The van der Waals surface area contributed by atoms with E-state index in [1.54, 1.807) is 12.1 Å². The Morgan fingerprint density at radius 3 is 1.87 bits per heavy atom. The Morgan fingerprint density at radius 2 is 1.32 bits per heavy atom. The van der Waals surface area contributed by atoms with E-state index in [0.717, 1.165) is 32.0 Å². The van der Waals surface area contributed by atoms with Gasteiger partial charge in [-0.2, -0.15) is 5.26 Å². The molecule has 1 N–H and O–H groups in total. The van der Waals surface area contributed by atoms with Gasteiger partial charge in [-0.3, -0.25) is 0 Å². The van der Waals surface area contributed by atoms with Gasteiger partial charge in [-0.25, -0.2) is 13.1 Å². The van der Waals surface area contributed by atoms with Crippen LogP contribution < -0.4 is 4.72 Å². The van der Waals surface area contributed by atoms with Gasteiger partial charge < -0.3 is 0 Å². The summed E-state index contributed by atoms with van der Waals surface area (Å²) in [5.74, 6) is 0. The molecule has 0 aliphatic carbocycles. The molecule has 0 heterocycles. The van der Waals surface area contributed by atoms with Crippen LogP contribution >= 0.6 is 0 Å². The van der Waals surface area contributed by atoms with Crippen molar-refractivity contribution in [3.8, 4) is 6.07 Å². The van der Waals surface area contributed by atoms with E-state index in [1.165, 1.54) is 0 Å². The highest BCUT2D eigenvalue weighted by Gasteiger charge is 2.38. The van der Waals surface area contributed by atoms with Crippen LogP contribution in [0.15, 0.2) is 112 Å². The minimum Gasteiger partial charge on any atom is -0.249 e. The summed E-state index contributed by atoms with van der Waals surface area (Å²) in [6, 6.07) is 32.5. The Morgan fingerprint density at radius 1 is 0.763 bits per heavy atom. The fourth-order valence-electron chi connectivity index (χ4n) is 4.29. The molecular weight excluding hydrogens is 529 g/mol. The van der Waals surface area contributed by atoms with Gasteiger partial charge in [-0.1, -0.05) is 65.7 Å². The molecule has 0 fully saturated rings. The molecule has 0 radical (unpaired) electrons. The Balaban J connectivity index is 1.81. The molecule has 0 aromatic heterocycles. The van der Waals surface area contributed by atoms with Gasteiger partial charge in [0.2, 0.25) is 0 Å². The minimum atomic E-state index is -1.48. The normalized spacial score (nSPS) is 14.4. The molecule has 4 nitrogen and oxygen atoms in total. The predicted molar refractivity (Wildman–Crippen MR) is 159 cm³/mol. The summed E-state index contributed by atoms with van der Waals surface area (Å²) < 4.78 is 30.8. The first-order valence-corrected chi connectivity index (χ1v) is 16.6. The highest BCUT2D eigenvalue weighted by Crippen LogP contribution is 2.39. The van der Waals surface area contributed by atoms with Crippen LogP contribution in [0, 0.1) is 25.2 Å². The van der Waals surface area contributed by atoms with Crippen molar-refractivity contribution in [2.45, 2.75) is 39.8 Å². The molecule has 0 aliphatic heterocycles. The topological polar surface area (TPSA) is 70.0 Å². The predicted octanol–water partition coefficient (Wildman–Crippen LogP) is 6.31. The average molecular weight is 560 g/mol. The first-order chi connectivity index (χ1) is 18.3. The molecule has 0 bridgehead atoms. The molecule has 0 aliphatic rings. The SMILES string of the molecule is Cc1ccc([S@](=O)c2ccccc2[C@@H]([C@H](N[S@@](=O)c2ccc(C)cc2)c2ccc(C#N)cc2)[S+](C)C)cc1. The van der Waals surface area contributed by atoms with Crippen molar-refractivity contribution in [3.05, 3.63) is 125 Å². The van der Waals surface area contributed by atoms with Crippen molar-refractivity contribution in [2.24, 2.45) is 0 Å². The lowest BCUT2D eigenvalue weighted by Gasteiger charge is -2.27. The highest BCUT2D eigenvalue weighted by atomic mass is 32.2. The van der Waals surface area contributed by atoms with Crippen molar-refractivity contribution < 1.29 is 8.42 Å². The summed E-state index contributed by atoms with van der Waals surface area (Å²) in [6.07, 6.45) is 4.31. The van der Waals surface area contributed by atoms with Crippen LogP contribution in [0.2, 0.25) is 0 Å². The smallest absolute Gasteiger partial charge is 0.164 e. The van der Waals surface area contributed by atoms with E-state index >= 15 is 0 Å². The van der Waals surface area contributed by atoms with Gasteiger partial charge in [0.1, 0.15) is 11.0 Å². The van der Waals surface area contributed by atoms with Crippen molar-refractivity contribution in [3.63, 3.8) is 0 Å². The van der Waals surface area contributed by atoms with Gasteiger partial charge in [0.15, 0.2) is 5.25 Å². The van der Waals surface area contributed by atoms with Gasteiger partial charge in [0, 0.05) is 10.5 Å². The number of nitrogens with zero attached hydrogens (tertiary/aromatic N) is 1. The maximum Gasteiger partial charge on any atom is 0.164 e. The van der Waals surface area contributed by atoms with E-state index in [2.05, 4.69) is 23.3 Å². The van der Waals surface area contributed by atoms with Crippen molar-refractivity contribution in [1.82, 2.24) is 4.72 Å². The number of nitrogens with one attached hydrogen (secondary N) is 1. The lowest BCUT2D eigenvalue weighted by Crippen LogP contribution is -2.33. The van der Waals surface area contributed by atoms with Gasteiger partial charge in [0.25, 0.3) is 0 Å². The van der Waals surface area contributed by atoms with E-state index in [9.17, 15) is 13.7 Å². The van der Waals surface area contributed by atoms with Crippen molar-refractivity contribution >= 4 is 32.7 Å². The standard InChI is InChI=1S/C31H31N2O2S3/c1-22-9-17-26(18-10-22)37(34)29-8-6-5-7-28(29)31(36(3)4)30(25-15-13-24(21-32)14-16-25)33-38(35)27-19-11-23(2)12-20-27/h5-20,30-31,33H,1-4H3/q+1/t30-,31+,37+,38+/m1/s1. The zero-order valence-electron chi connectivity index (χ0n) is 21.9. The summed E-state index contributed by atoms with van der Waals surface area (Å²) in [4.78, 5) is 2.20. The van der Waals surface area contributed by atoms with Gasteiger partial charge >= 0.3 is 0 Å². The van der Waals surface area contributed by atoms with E-state index < -0.39 is 21.8 Å². The average Bonchev–Trinajstić information content (AvgIpc) is 2.93. The monoisotopic (exact) mass is 559 g/mol. The Hall–Kier alpha value is -3.02. The number of hydrogen-bond acceptors (Lipinski definition) is 3. The summed E-state index contributed by atoms with van der Waals surface area (Å²) in [7, 11) is -3.06. The molecule has 4 aromatic rings. The van der Waals surface area contributed by atoms with Crippen molar-refractivity contribution in [2.75, 3.05) is 12.5 Å². The van der Waals surface area contributed by atoms with Crippen LogP contribution in [-0.4, -0.2) is 20.9 Å². The second kappa shape index (κ2) is 12.7. The molecule has 194 valence electrons. The minimum absolute atomic E-state index is 0.122. The second-order valence-electron chi connectivity index (χ2n) is 9.33. The number of hydrogen-bond donors (Lipinski definition) is 1. The van der Waals surface area contributed by atoms with Crippen LogP contribution in [0.3, 0.4) is 0 Å². The van der Waals surface area contributed by atoms with Gasteiger partial charge in [-0.15, -0.1) is 0 Å². The van der Waals surface area contributed by atoms with Crippen LogP contribution in [0.4, 0.5) is 0 Å². The molecule has 0 unspecified atom stereocenters. The van der Waals surface area contributed by atoms with E-state index in [0.29, 0.717) is 10.5 Å². The van der Waals surface area contributed by atoms with Crippen LogP contribution in [0.25, 0.3) is 0 Å². The molecule has 7 heteroatoms. The summed E-state index contributed by atoms with van der Waals surface area (Å²) >= 11 is 0. The molecule has 4 atom stereocenters. The maximum atomic E-state index is 13.8. The lowest BCUT2D eigenvalue weighted by molar-refractivity contribution is 0.610. The highest BCUT2D eigenvalue weighted by molar-refractivity contribution is 7.95. The molecule has 0 amide bonds. The largest absolute Gasteiger partial charge is 0.249 e. The lowest BCUT2D eigenvalue weighted by atomic mass is 9.98. The fourth-order valence-corrected chi connectivity index (χ4v) is 8.21. The molecular formula is C31H31N2O2S3+. The Labute approximate surface area is 233 Å². The quantitative estimate of drug-likeness (QED) is 0.244. The number of benzene rings is 4. The first-order valence-electron chi connectivity index (χ1n) is 12.2. The van der Waals surface area contributed by atoms with E-state index in [-0.39, 0.29) is 22.2 Å². The second-order valence-corrected chi connectivity index (χ2v) is 14.3. The van der Waals surface area contributed by atoms with E-state index in [4.69, 9.17) is 0 Å². The van der Waals surface area contributed by atoms with Crippen LogP contribution in [-0.2, 0) is 32.7 Å². The Kier molecular flexibility index (Phi) is 9.35. The molecule has 0 saturated carbocycles. The third-order valence-corrected chi connectivity index (χ3v) is 10.5. The summed E-state index contributed by atoms with van der Waals surface area (Å²) in [5.41, 5.74) is 4.67. The number of aryl methyl sites for hydroxylation is 2. The summed E-state index contributed by atoms with van der Waals surface area (Å²) in [6.45, 7) is 4.01. The summed E-state index contributed by atoms with van der Waals surface area (Å²) in [5, 5.41) is 9.21. The fraction of sp³-hybridized carbons (Fsp3) is 0.194. The van der Waals surface area contributed by atoms with Gasteiger partial charge in [-0.05, 0) is 72.8 Å². The molecule has 0 saturated heterocycles. The van der Waals surface area contributed by atoms with Crippen LogP contribution in [0.1, 0.15) is 39.1 Å². The Bertz CT molecular complexity index is 1480. The number of nitriles is 1. The first kappa shape index (κ1) is 28.0.